The monoisotopic (exact) mass is 292 g/mol. The largest absolute Gasteiger partial charge is 0.392 e. The smallest absolute Gasteiger partial charge is 0.126 e. The predicted octanol–water partition coefficient (Wildman–Crippen LogP) is 3.24. The molecule has 0 spiro atoms. The van der Waals surface area contributed by atoms with E-state index in [1.165, 1.54) is 6.07 Å². The minimum Gasteiger partial charge on any atom is -0.392 e. The summed E-state index contributed by atoms with van der Waals surface area (Å²) in [5.41, 5.74) is 0.563. The van der Waals surface area contributed by atoms with Crippen molar-refractivity contribution in [1.29, 1.82) is 0 Å². The van der Waals surface area contributed by atoms with Gasteiger partial charge in [-0.15, -0.1) is 0 Å². The zero-order chi connectivity index (χ0) is 11.3. The van der Waals surface area contributed by atoms with Crippen LogP contribution in [0.3, 0.4) is 0 Å². The molecule has 4 heteroatoms. The Bertz CT molecular complexity index is 319. The Morgan fingerprint density at radius 3 is 2.93 bits per heavy atom. The van der Waals surface area contributed by atoms with Crippen LogP contribution in [0.4, 0.5) is 4.39 Å². The van der Waals surface area contributed by atoms with Gasteiger partial charge in [-0.25, -0.2) is 4.39 Å². The van der Waals surface area contributed by atoms with Crippen molar-refractivity contribution in [2.75, 3.05) is 11.5 Å². The van der Waals surface area contributed by atoms with Crippen molar-refractivity contribution in [3.05, 3.63) is 34.1 Å². The Balaban J connectivity index is 2.59. The van der Waals surface area contributed by atoms with E-state index in [2.05, 4.69) is 15.9 Å². The van der Waals surface area contributed by atoms with Gasteiger partial charge in [-0.1, -0.05) is 22.9 Å². The molecular weight excluding hydrogens is 279 g/mol. The molecule has 1 atom stereocenters. The summed E-state index contributed by atoms with van der Waals surface area (Å²) in [6, 6.07) is 4.79. The van der Waals surface area contributed by atoms with Crippen LogP contribution in [-0.4, -0.2) is 22.7 Å². The topological polar surface area (TPSA) is 20.2 Å². The van der Waals surface area contributed by atoms with Gasteiger partial charge >= 0.3 is 0 Å². The average Bonchev–Trinajstić information content (AvgIpc) is 2.20. The molecule has 1 aromatic carbocycles. The van der Waals surface area contributed by atoms with E-state index in [1.807, 2.05) is 6.92 Å². The summed E-state index contributed by atoms with van der Waals surface area (Å²) in [5.74, 6) is 1.37. The van der Waals surface area contributed by atoms with Crippen LogP contribution in [0.15, 0.2) is 22.7 Å². The predicted molar refractivity (Wildman–Crippen MR) is 66.8 cm³/mol. The molecule has 0 aliphatic carbocycles. The molecule has 0 amide bonds. The molecule has 0 aliphatic rings. The van der Waals surface area contributed by atoms with E-state index in [4.69, 9.17) is 0 Å². The molecule has 0 aliphatic heterocycles. The molecule has 15 heavy (non-hydrogen) atoms. The highest BCUT2D eigenvalue weighted by Gasteiger charge is 2.09. The zero-order valence-corrected chi connectivity index (χ0v) is 10.9. The lowest BCUT2D eigenvalue weighted by molar-refractivity contribution is 0.198. The van der Waals surface area contributed by atoms with Gasteiger partial charge in [0.2, 0.25) is 0 Å². The molecule has 1 rings (SSSR count). The van der Waals surface area contributed by atoms with Crippen molar-refractivity contribution in [1.82, 2.24) is 0 Å². The van der Waals surface area contributed by atoms with Crippen LogP contribution >= 0.6 is 27.7 Å². The second-order valence-corrected chi connectivity index (χ2v) is 5.49. The lowest BCUT2D eigenvalue weighted by Gasteiger charge is -2.10. The van der Waals surface area contributed by atoms with Crippen LogP contribution in [0.5, 0.6) is 0 Å². The number of rotatable bonds is 5. The molecule has 1 unspecified atom stereocenters. The molecule has 0 heterocycles. The van der Waals surface area contributed by atoms with E-state index in [0.717, 1.165) is 10.2 Å². The summed E-state index contributed by atoms with van der Waals surface area (Å²) in [5, 5.41) is 9.65. The van der Waals surface area contributed by atoms with Crippen molar-refractivity contribution >= 4 is 27.7 Å². The molecule has 84 valence electrons. The second kappa shape index (κ2) is 6.51. The third-order valence-electron chi connectivity index (χ3n) is 1.98. The molecule has 0 bridgehead atoms. The first kappa shape index (κ1) is 13.0. The fourth-order valence-electron chi connectivity index (χ4n) is 1.27. The van der Waals surface area contributed by atoms with Crippen LogP contribution < -0.4 is 0 Å². The van der Waals surface area contributed by atoms with Crippen molar-refractivity contribution in [2.45, 2.75) is 19.4 Å². The fourth-order valence-corrected chi connectivity index (χ4v) is 2.30. The van der Waals surface area contributed by atoms with Gasteiger partial charge in [0.25, 0.3) is 0 Å². The highest BCUT2D eigenvalue weighted by Crippen LogP contribution is 2.18. The summed E-state index contributed by atoms with van der Waals surface area (Å²) in [6.07, 6.45) is -0.100. The molecule has 0 saturated carbocycles. The van der Waals surface area contributed by atoms with Gasteiger partial charge in [-0.05, 0) is 29.5 Å². The number of thioether (sulfide) groups is 1. The minimum absolute atomic E-state index is 0.251. The van der Waals surface area contributed by atoms with Crippen molar-refractivity contribution in [3.8, 4) is 0 Å². The number of halogens is 2. The van der Waals surface area contributed by atoms with Gasteiger partial charge in [0.05, 0.1) is 6.10 Å². The Labute approximate surface area is 102 Å². The first-order chi connectivity index (χ1) is 7.13. The molecule has 0 saturated heterocycles. The minimum atomic E-state index is -0.473. The maximum atomic E-state index is 13.3. The fraction of sp³-hybridized carbons (Fsp3) is 0.455. The number of aliphatic hydroxyl groups is 1. The standard InChI is InChI=1S/C11H14BrFOS/c1-2-15-7-10(14)6-8-5-9(12)3-4-11(8)13/h3-5,10,14H,2,6-7H2,1H3. The van der Waals surface area contributed by atoms with E-state index in [1.54, 1.807) is 23.9 Å². The van der Waals surface area contributed by atoms with Gasteiger partial charge < -0.3 is 5.11 Å². The van der Waals surface area contributed by atoms with Gasteiger partial charge in [0.1, 0.15) is 5.82 Å². The summed E-state index contributed by atoms with van der Waals surface area (Å²) in [6.45, 7) is 2.04. The van der Waals surface area contributed by atoms with E-state index in [9.17, 15) is 9.50 Å². The first-order valence-corrected chi connectivity index (χ1v) is 6.78. The molecule has 1 aromatic rings. The number of benzene rings is 1. The molecule has 0 fully saturated rings. The summed E-state index contributed by atoms with van der Waals surface area (Å²) < 4.78 is 14.2. The molecule has 0 aromatic heterocycles. The van der Waals surface area contributed by atoms with Crippen molar-refractivity contribution in [2.24, 2.45) is 0 Å². The van der Waals surface area contributed by atoms with Gasteiger partial charge in [0, 0.05) is 16.6 Å². The maximum Gasteiger partial charge on any atom is 0.126 e. The summed E-state index contributed by atoms with van der Waals surface area (Å²) >= 11 is 4.95. The van der Waals surface area contributed by atoms with E-state index >= 15 is 0 Å². The lowest BCUT2D eigenvalue weighted by Crippen LogP contribution is -2.14. The normalized spacial score (nSPS) is 12.8. The van der Waals surface area contributed by atoms with Crippen LogP contribution in [0.25, 0.3) is 0 Å². The average molecular weight is 293 g/mol. The Hall–Kier alpha value is -0.0600. The van der Waals surface area contributed by atoms with Gasteiger partial charge in [-0.3, -0.25) is 0 Å². The van der Waals surface area contributed by atoms with Gasteiger partial charge in [0.15, 0.2) is 0 Å². The quantitative estimate of drug-likeness (QED) is 0.899. The van der Waals surface area contributed by atoms with Crippen molar-refractivity contribution < 1.29 is 9.50 Å². The van der Waals surface area contributed by atoms with E-state index < -0.39 is 6.10 Å². The SMILES string of the molecule is CCSCC(O)Cc1cc(Br)ccc1F. The van der Waals surface area contributed by atoms with Gasteiger partial charge in [-0.2, -0.15) is 11.8 Å². The molecule has 1 nitrogen and oxygen atoms in total. The van der Waals surface area contributed by atoms with E-state index in [-0.39, 0.29) is 5.82 Å². The lowest BCUT2D eigenvalue weighted by atomic mass is 10.1. The number of aliphatic hydroxyl groups excluding tert-OH is 1. The van der Waals surface area contributed by atoms with E-state index in [0.29, 0.717) is 17.7 Å². The maximum absolute atomic E-state index is 13.3. The van der Waals surface area contributed by atoms with Crippen LogP contribution in [0, 0.1) is 5.82 Å². The summed E-state index contributed by atoms with van der Waals surface area (Å²) in [7, 11) is 0. The van der Waals surface area contributed by atoms with Crippen LogP contribution in [0.1, 0.15) is 12.5 Å². The number of hydrogen-bond acceptors (Lipinski definition) is 2. The highest BCUT2D eigenvalue weighted by molar-refractivity contribution is 9.10. The Morgan fingerprint density at radius 2 is 2.27 bits per heavy atom. The highest BCUT2D eigenvalue weighted by atomic mass is 79.9. The zero-order valence-electron chi connectivity index (χ0n) is 8.54. The van der Waals surface area contributed by atoms with Crippen molar-refractivity contribution in [3.63, 3.8) is 0 Å². The Kier molecular flexibility index (Phi) is 5.64. The van der Waals surface area contributed by atoms with Crippen LogP contribution in [0.2, 0.25) is 0 Å². The molecule has 1 N–H and O–H groups in total. The second-order valence-electron chi connectivity index (χ2n) is 3.25. The first-order valence-electron chi connectivity index (χ1n) is 4.83. The molecular formula is C11H14BrFOS. The third-order valence-corrected chi connectivity index (χ3v) is 3.50. The Morgan fingerprint density at radius 1 is 1.53 bits per heavy atom. The van der Waals surface area contributed by atoms with Crippen LogP contribution in [-0.2, 0) is 6.42 Å². The summed E-state index contributed by atoms with van der Waals surface area (Å²) in [4.78, 5) is 0. The third kappa shape index (κ3) is 4.53. The molecule has 0 radical (unpaired) electrons. The number of hydrogen-bond donors (Lipinski definition) is 1.